The quantitative estimate of drug-likeness (QED) is 0.787. The smallest absolute Gasteiger partial charge is 0.270 e. The van der Waals surface area contributed by atoms with Crippen LogP contribution in [0.25, 0.3) is 16.6 Å². The molecule has 0 unspecified atom stereocenters. The summed E-state index contributed by atoms with van der Waals surface area (Å²) in [5.74, 6) is 0.183. The van der Waals surface area contributed by atoms with Gasteiger partial charge in [0.25, 0.3) is 5.91 Å². The molecule has 4 nitrogen and oxygen atoms in total. The molecule has 148 valence electrons. The zero-order valence-electron chi connectivity index (χ0n) is 17.4. The Morgan fingerprint density at radius 3 is 2.71 bits per heavy atom. The van der Waals surface area contributed by atoms with E-state index in [2.05, 4.69) is 60.6 Å². The Kier molecular flexibility index (Phi) is 4.16. The maximum absolute atomic E-state index is 13.6. The van der Waals surface area contributed by atoms with Crippen LogP contribution < -0.4 is 0 Å². The van der Waals surface area contributed by atoms with E-state index in [9.17, 15) is 4.79 Å². The van der Waals surface area contributed by atoms with Crippen LogP contribution in [0.3, 0.4) is 0 Å². The molecule has 5 rings (SSSR count). The van der Waals surface area contributed by atoms with E-state index in [0.29, 0.717) is 6.04 Å². The fraction of sp³-hybridized carbons (Fsp3) is 0.542. The van der Waals surface area contributed by atoms with E-state index in [1.54, 1.807) is 0 Å². The van der Waals surface area contributed by atoms with Crippen molar-refractivity contribution in [2.75, 3.05) is 26.2 Å². The van der Waals surface area contributed by atoms with Crippen LogP contribution in [-0.4, -0.2) is 46.5 Å². The van der Waals surface area contributed by atoms with Crippen LogP contribution in [0.4, 0.5) is 0 Å². The summed E-state index contributed by atoms with van der Waals surface area (Å²) >= 11 is 0. The highest BCUT2D eigenvalue weighted by Gasteiger charge is 2.51. The summed E-state index contributed by atoms with van der Waals surface area (Å²) in [6.07, 6.45) is 6.96. The van der Waals surface area contributed by atoms with E-state index in [4.69, 9.17) is 0 Å². The zero-order valence-corrected chi connectivity index (χ0v) is 17.4. The third-order valence-corrected chi connectivity index (χ3v) is 7.52. The summed E-state index contributed by atoms with van der Waals surface area (Å²) in [5.41, 5.74) is 5.07. The van der Waals surface area contributed by atoms with Gasteiger partial charge in [0.2, 0.25) is 0 Å². The molecule has 2 aromatic rings. The molecule has 0 N–H and O–H groups in total. The molecule has 1 amide bonds. The number of rotatable bonds is 4. The van der Waals surface area contributed by atoms with Gasteiger partial charge < -0.3 is 9.47 Å². The molecule has 0 saturated carbocycles. The number of aromatic nitrogens is 1. The normalized spacial score (nSPS) is 26.1. The first-order valence-corrected chi connectivity index (χ1v) is 11.0. The number of piperidine rings is 1. The highest BCUT2D eigenvalue weighted by Crippen LogP contribution is 2.57. The molecule has 2 atom stereocenters. The Balaban J connectivity index is 1.83. The van der Waals surface area contributed by atoms with E-state index in [-0.39, 0.29) is 11.3 Å². The van der Waals surface area contributed by atoms with Crippen molar-refractivity contribution >= 4 is 22.5 Å². The van der Waals surface area contributed by atoms with Crippen LogP contribution in [-0.2, 0) is 11.2 Å². The van der Waals surface area contributed by atoms with E-state index in [1.807, 2.05) is 4.90 Å². The third kappa shape index (κ3) is 2.24. The fourth-order valence-corrected chi connectivity index (χ4v) is 6.11. The van der Waals surface area contributed by atoms with Crippen LogP contribution in [0.1, 0.15) is 57.3 Å². The molecule has 0 bridgehead atoms. The van der Waals surface area contributed by atoms with Gasteiger partial charge in [-0.1, -0.05) is 25.1 Å². The molecule has 3 aliphatic rings. The summed E-state index contributed by atoms with van der Waals surface area (Å²) in [6, 6.07) is 9.11. The average molecular weight is 378 g/mol. The lowest BCUT2D eigenvalue weighted by molar-refractivity contribution is -0.125. The zero-order chi connectivity index (χ0) is 19.5. The molecular formula is C24H31N3O. The van der Waals surface area contributed by atoms with E-state index in [0.717, 1.165) is 38.2 Å². The van der Waals surface area contributed by atoms with Crippen molar-refractivity contribution in [3.8, 4) is 0 Å². The highest BCUT2D eigenvalue weighted by atomic mass is 16.2. The average Bonchev–Trinajstić information content (AvgIpc) is 3.08. The van der Waals surface area contributed by atoms with E-state index >= 15 is 0 Å². The van der Waals surface area contributed by atoms with Gasteiger partial charge in [-0.25, -0.2) is 0 Å². The van der Waals surface area contributed by atoms with Gasteiger partial charge in [0, 0.05) is 36.1 Å². The minimum Gasteiger partial charge on any atom is -0.338 e. The predicted octanol–water partition coefficient (Wildman–Crippen LogP) is 4.45. The SMILES string of the molecule is CCN(CC)C(=O)C1=C[C@]2(CC)CCCN3CCc4c(n1c1ccccc41)[C@@H]32. The largest absolute Gasteiger partial charge is 0.338 e. The van der Waals surface area contributed by atoms with Gasteiger partial charge in [-0.05, 0) is 63.8 Å². The molecule has 4 heterocycles. The van der Waals surface area contributed by atoms with Crippen molar-refractivity contribution < 1.29 is 4.79 Å². The Morgan fingerprint density at radius 2 is 1.96 bits per heavy atom. The topological polar surface area (TPSA) is 28.5 Å². The van der Waals surface area contributed by atoms with E-state index < -0.39 is 0 Å². The van der Waals surface area contributed by atoms with Crippen molar-refractivity contribution in [1.82, 2.24) is 14.4 Å². The molecule has 28 heavy (non-hydrogen) atoms. The Morgan fingerprint density at radius 1 is 1.18 bits per heavy atom. The third-order valence-electron chi connectivity index (χ3n) is 7.52. The lowest BCUT2D eigenvalue weighted by Gasteiger charge is -2.53. The summed E-state index contributed by atoms with van der Waals surface area (Å²) in [7, 11) is 0. The lowest BCUT2D eigenvalue weighted by Crippen LogP contribution is -2.51. The lowest BCUT2D eigenvalue weighted by atomic mass is 9.66. The number of fused-ring (bicyclic) bond motifs is 3. The number of likely N-dealkylation sites (N-methyl/N-ethyl adjacent to an activating group) is 1. The van der Waals surface area contributed by atoms with Crippen LogP contribution in [0, 0.1) is 5.41 Å². The maximum Gasteiger partial charge on any atom is 0.270 e. The summed E-state index contributed by atoms with van der Waals surface area (Å²) in [4.78, 5) is 18.3. The van der Waals surface area contributed by atoms with Crippen molar-refractivity contribution in [2.24, 2.45) is 5.41 Å². The minimum atomic E-state index is 0.0793. The molecule has 3 aliphatic heterocycles. The van der Waals surface area contributed by atoms with E-state index in [1.165, 1.54) is 41.5 Å². The van der Waals surface area contributed by atoms with Gasteiger partial charge in [0.05, 0.1) is 11.6 Å². The van der Waals surface area contributed by atoms with Crippen LogP contribution >= 0.6 is 0 Å². The van der Waals surface area contributed by atoms with Gasteiger partial charge in [-0.2, -0.15) is 0 Å². The predicted molar refractivity (Wildman–Crippen MR) is 114 cm³/mol. The number of benzene rings is 1. The number of nitrogens with zero attached hydrogens (tertiary/aromatic N) is 3. The number of carbonyl (C=O) groups is 1. The van der Waals surface area contributed by atoms with Crippen LogP contribution in [0.5, 0.6) is 0 Å². The van der Waals surface area contributed by atoms with Gasteiger partial charge in [-0.15, -0.1) is 0 Å². The van der Waals surface area contributed by atoms with Crippen LogP contribution in [0.2, 0.25) is 0 Å². The molecule has 0 radical (unpaired) electrons. The van der Waals surface area contributed by atoms with Crippen molar-refractivity contribution in [3.05, 3.63) is 41.6 Å². The standard InChI is InChI=1S/C24H31N3O/c1-4-24-13-9-14-26-15-12-18-17-10-7-8-11-19(17)27(21(18)22(24)26)20(16-24)23(28)25(5-2)6-3/h7-8,10-11,16,22H,4-6,9,12-15H2,1-3H3/t22-,24+/m1/s1. The first-order chi connectivity index (χ1) is 13.6. The summed E-state index contributed by atoms with van der Waals surface area (Å²) in [5, 5.41) is 1.34. The van der Waals surface area contributed by atoms with Crippen molar-refractivity contribution in [1.29, 1.82) is 0 Å². The molecular weight excluding hydrogens is 346 g/mol. The molecule has 4 heteroatoms. The van der Waals surface area contributed by atoms with Gasteiger partial charge in [0.1, 0.15) is 5.70 Å². The highest BCUT2D eigenvalue weighted by molar-refractivity contribution is 6.16. The van der Waals surface area contributed by atoms with Gasteiger partial charge >= 0.3 is 0 Å². The number of para-hydroxylation sites is 1. The number of hydrogen-bond acceptors (Lipinski definition) is 2. The molecule has 1 aromatic carbocycles. The van der Waals surface area contributed by atoms with Gasteiger partial charge in [0.15, 0.2) is 0 Å². The number of amides is 1. The number of hydrogen-bond donors (Lipinski definition) is 0. The Labute approximate surface area is 167 Å². The fourth-order valence-electron chi connectivity index (χ4n) is 6.11. The van der Waals surface area contributed by atoms with Crippen molar-refractivity contribution in [2.45, 2.75) is 52.5 Å². The number of carbonyl (C=O) groups excluding carboxylic acids is 1. The molecule has 1 aromatic heterocycles. The second kappa shape index (κ2) is 6.48. The van der Waals surface area contributed by atoms with Crippen LogP contribution in [0.15, 0.2) is 30.3 Å². The van der Waals surface area contributed by atoms with Gasteiger partial charge in [-0.3, -0.25) is 9.69 Å². The minimum absolute atomic E-state index is 0.0793. The molecule has 1 fully saturated rings. The second-order valence-corrected chi connectivity index (χ2v) is 8.60. The molecule has 0 spiro atoms. The second-order valence-electron chi connectivity index (χ2n) is 8.60. The first kappa shape index (κ1) is 18.0. The summed E-state index contributed by atoms with van der Waals surface area (Å²) in [6.45, 7) is 10.3. The monoisotopic (exact) mass is 377 g/mol. The summed E-state index contributed by atoms with van der Waals surface area (Å²) < 4.78 is 2.33. The Hall–Kier alpha value is -2.07. The Bertz CT molecular complexity index is 968. The molecule has 0 aliphatic carbocycles. The maximum atomic E-state index is 13.6. The molecule has 1 saturated heterocycles. The first-order valence-electron chi connectivity index (χ1n) is 11.0. The van der Waals surface area contributed by atoms with Crippen molar-refractivity contribution in [3.63, 3.8) is 0 Å².